The van der Waals surface area contributed by atoms with E-state index in [9.17, 15) is 0 Å². The van der Waals surface area contributed by atoms with Crippen LogP contribution in [0.25, 0.3) is 0 Å². The second kappa shape index (κ2) is 7.49. The molecule has 0 fully saturated rings. The molecule has 0 aromatic carbocycles. The lowest BCUT2D eigenvalue weighted by molar-refractivity contribution is 0.391. The first kappa shape index (κ1) is 14.2. The molecule has 0 amide bonds. The summed E-state index contributed by atoms with van der Waals surface area (Å²) in [6.45, 7) is 12.0. The lowest BCUT2D eigenvalue weighted by Crippen LogP contribution is -2.15. The minimum atomic E-state index is 0.755. The van der Waals surface area contributed by atoms with Gasteiger partial charge in [-0.25, -0.2) is 0 Å². The first-order chi connectivity index (χ1) is 8.22. The van der Waals surface area contributed by atoms with Gasteiger partial charge in [0.15, 0.2) is 0 Å². The first-order valence-corrected chi connectivity index (χ1v) is 6.94. The maximum absolute atomic E-state index is 4.51. The molecule has 17 heavy (non-hydrogen) atoms. The van der Waals surface area contributed by atoms with Gasteiger partial charge in [-0.15, -0.1) is 0 Å². The highest BCUT2D eigenvalue weighted by atomic mass is 15.3. The monoisotopic (exact) mass is 237 g/mol. The lowest BCUT2D eigenvalue weighted by Gasteiger charge is -2.13. The molecule has 1 heterocycles. The van der Waals surface area contributed by atoms with E-state index in [2.05, 4.69) is 42.8 Å². The highest BCUT2D eigenvalue weighted by molar-refractivity contribution is 5.15. The molecular weight excluding hydrogens is 210 g/mol. The van der Waals surface area contributed by atoms with Crippen LogP contribution in [0.15, 0.2) is 6.20 Å². The first-order valence-electron chi connectivity index (χ1n) is 6.94. The summed E-state index contributed by atoms with van der Waals surface area (Å²) >= 11 is 0. The summed E-state index contributed by atoms with van der Waals surface area (Å²) in [5, 5.41) is 7.94. The lowest BCUT2D eigenvalue weighted by atomic mass is 10.0. The van der Waals surface area contributed by atoms with Crippen LogP contribution in [-0.2, 0) is 13.1 Å². The van der Waals surface area contributed by atoms with Crippen LogP contribution in [0.2, 0.25) is 0 Å². The quantitative estimate of drug-likeness (QED) is 0.704. The van der Waals surface area contributed by atoms with Gasteiger partial charge in [0.25, 0.3) is 0 Å². The predicted octanol–water partition coefficient (Wildman–Crippen LogP) is 3.13. The summed E-state index contributed by atoms with van der Waals surface area (Å²) in [5.41, 5.74) is 2.66. The van der Waals surface area contributed by atoms with Crippen LogP contribution in [0.5, 0.6) is 0 Å². The fourth-order valence-corrected chi connectivity index (χ4v) is 2.03. The summed E-state index contributed by atoms with van der Waals surface area (Å²) in [6.07, 6.45) is 5.67. The summed E-state index contributed by atoms with van der Waals surface area (Å²) < 4.78 is 2.17. The Morgan fingerprint density at radius 3 is 2.59 bits per heavy atom. The molecule has 0 saturated heterocycles. The van der Waals surface area contributed by atoms with Gasteiger partial charge in [0, 0.05) is 24.3 Å². The Morgan fingerprint density at radius 1 is 1.29 bits per heavy atom. The van der Waals surface area contributed by atoms with Crippen LogP contribution < -0.4 is 5.32 Å². The standard InChI is InChI=1S/C14H27N3/c1-5-8-15-9-14-10-16-17(12(14)4)11-13(6-2)7-3/h10,13,15H,5-9,11H2,1-4H3. The van der Waals surface area contributed by atoms with Crippen LogP contribution in [0.4, 0.5) is 0 Å². The van der Waals surface area contributed by atoms with Crippen molar-refractivity contribution in [3.05, 3.63) is 17.5 Å². The Labute approximate surface area is 106 Å². The molecule has 0 bridgehead atoms. The van der Waals surface area contributed by atoms with E-state index < -0.39 is 0 Å². The zero-order chi connectivity index (χ0) is 12.7. The number of nitrogens with one attached hydrogen (secondary N) is 1. The highest BCUT2D eigenvalue weighted by Crippen LogP contribution is 2.14. The molecule has 1 aromatic rings. The van der Waals surface area contributed by atoms with Gasteiger partial charge in [0.2, 0.25) is 0 Å². The van der Waals surface area contributed by atoms with E-state index in [1.807, 2.05) is 6.20 Å². The van der Waals surface area contributed by atoms with Crippen LogP contribution in [0, 0.1) is 12.8 Å². The molecule has 0 spiro atoms. The third kappa shape index (κ3) is 4.15. The van der Waals surface area contributed by atoms with Gasteiger partial charge in [-0.1, -0.05) is 33.6 Å². The Kier molecular flexibility index (Phi) is 6.27. The molecule has 0 unspecified atom stereocenters. The molecule has 0 aliphatic carbocycles. The molecular formula is C14H27N3. The van der Waals surface area contributed by atoms with Crippen LogP contribution in [0.1, 0.15) is 51.3 Å². The normalized spacial score (nSPS) is 11.4. The van der Waals surface area contributed by atoms with Gasteiger partial charge >= 0.3 is 0 Å². The van der Waals surface area contributed by atoms with E-state index >= 15 is 0 Å². The number of hydrogen-bond donors (Lipinski definition) is 1. The zero-order valence-electron chi connectivity index (χ0n) is 11.8. The fourth-order valence-electron chi connectivity index (χ4n) is 2.03. The molecule has 0 aliphatic heterocycles. The van der Waals surface area contributed by atoms with Gasteiger partial charge in [-0.05, 0) is 25.8 Å². The van der Waals surface area contributed by atoms with E-state index in [0.717, 1.165) is 25.6 Å². The minimum Gasteiger partial charge on any atom is -0.313 e. The number of hydrogen-bond acceptors (Lipinski definition) is 2. The Morgan fingerprint density at radius 2 is 2.00 bits per heavy atom. The van der Waals surface area contributed by atoms with Crippen LogP contribution in [0.3, 0.4) is 0 Å². The number of nitrogens with zero attached hydrogens (tertiary/aromatic N) is 2. The smallest absolute Gasteiger partial charge is 0.0537 e. The van der Waals surface area contributed by atoms with E-state index in [4.69, 9.17) is 0 Å². The van der Waals surface area contributed by atoms with Crippen molar-refractivity contribution in [3.8, 4) is 0 Å². The topological polar surface area (TPSA) is 29.9 Å². The van der Waals surface area contributed by atoms with Gasteiger partial charge in [0.1, 0.15) is 0 Å². The highest BCUT2D eigenvalue weighted by Gasteiger charge is 2.10. The molecule has 1 N–H and O–H groups in total. The maximum atomic E-state index is 4.51. The van der Waals surface area contributed by atoms with Crippen molar-refractivity contribution < 1.29 is 0 Å². The van der Waals surface area contributed by atoms with Crippen molar-refractivity contribution in [3.63, 3.8) is 0 Å². The molecule has 3 heteroatoms. The van der Waals surface area contributed by atoms with E-state index in [0.29, 0.717) is 0 Å². The maximum Gasteiger partial charge on any atom is 0.0537 e. The summed E-state index contributed by atoms with van der Waals surface area (Å²) in [4.78, 5) is 0. The van der Waals surface area contributed by atoms with E-state index in [-0.39, 0.29) is 0 Å². The summed E-state index contributed by atoms with van der Waals surface area (Å²) in [5.74, 6) is 0.755. The molecule has 0 atom stereocenters. The van der Waals surface area contributed by atoms with Crippen molar-refractivity contribution in [2.24, 2.45) is 5.92 Å². The Hall–Kier alpha value is -0.830. The molecule has 3 nitrogen and oxygen atoms in total. The molecule has 98 valence electrons. The van der Waals surface area contributed by atoms with Crippen molar-refractivity contribution in [2.75, 3.05) is 6.54 Å². The average molecular weight is 237 g/mol. The van der Waals surface area contributed by atoms with Crippen molar-refractivity contribution in [2.45, 2.75) is 60.0 Å². The third-order valence-electron chi connectivity index (χ3n) is 3.53. The van der Waals surface area contributed by atoms with Crippen LogP contribution in [-0.4, -0.2) is 16.3 Å². The second-order valence-electron chi connectivity index (χ2n) is 4.80. The predicted molar refractivity (Wildman–Crippen MR) is 73.0 cm³/mol. The molecule has 0 saturated carbocycles. The Balaban J connectivity index is 2.57. The third-order valence-corrected chi connectivity index (χ3v) is 3.53. The van der Waals surface area contributed by atoms with Gasteiger partial charge in [0.05, 0.1) is 6.20 Å². The van der Waals surface area contributed by atoms with Gasteiger partial charge < -0.3 is 5.32 Å². The van der Waals surface area contributed by atoms with Crippen molar-refractivity contribution >= 4 is 0 Å². The number of rotatable bonds is 8. The molecule has 1 aromatic heterocycles. The average Bonchev–Trinajstić information content (AvgIpc) is 2.68. The van der Waals surface area contributed by atoms with Crippen LogP contribution >= 0.6 is 0 Å². The second-order valence-corrected chi connectivity index (χ2v) is 4.80. The summed E-state index contributed by atoms with van der Waals surface area (Å²) in [6, 6.07) is 0. The number of aromatic nitrogens is 2. The van der Waals surface area contributed by atoms with Gasteiger partial charge in [-0.3, -0.25) is 4.68 Å². The van der Waals surface area contributed by atoms with E-state index in [1.54, 1.807) is 0 Å². The minimum absolute atomic E-state index is 0.755. The SMILES string of the molecule is CCCNCc1cnn(CC(CC)CC)c1C. The van der Waals surface area contributed by atoms with Crippen molar-refractivity contribution in [1.29, 1.82) is 0 Å². The molecule has 1 rings (SSSR count). The fraction of sp³-hybridized carbons (Fsp3) is 0.786. The zero-order valence-corrected chi connectivity index (χ0v) is 11.8. The largest absolute Gasteiger partial charge is 0.313 e. The van der Waals surface area contributed by atoms with Crippen molar-refractivity contribution in [1.82, 2.24) is 15.1 Å². The van der Waals surface area contributed by atoms with Gasteiger partial charge in [-0.2, -0.15) is 5.10 Å². The molecule has 0 radical (unpaired) electrons. The van der Waals surface area contributed by atoms with E-state index in [1.165, 1.54) is 30.5 Å². The summed E-state index contributed by atoms with van der Waals surface area (Å²) in [7, 11) is 0. The molecule has 0 aliphatic rings. The Bertz CT molecular complexity index is 313.